The summed E-state index contributed by atoms with van der Waals surface area (Å²) in [6.07, 6.45) is 6.17. The quantitative estimate of drug-likeness (QED) is 0.444. The third kappa shape index (κ3) is 6.27. The second-order valence-electron chi connectivity index (χ2n) is 8.17. The smallest absolute Gasteiger partial charge is 0.210 e. The maximum atomic E-state index is 11.8. The number of carbonyl (C=O) groups excluding carboxylic acids is 1. The van der Waals surface area contributed by atoms with E-state index >= 15 is 0 Å². The molecule has 1 fully saturated rings. The Morgan fingerprint density at radius 2 is 1.91 bits per heavy atom. The van der Waals surface area contributed by atoms with Crippen LogP contribution in [0.25, 0.3) is 0 Å². The van der Waals surface area contributed by atoms with E-state index in [0.717, 1.165) is 36.1 Å². The number of nitrogens with zero attached hydrogens (tertiary/aromatic N) is 1. The molecule has 2 aromatic rings. The lowest BCUT2D eigenvalue weighted by Gasteiger charge is -2.28. The highest BCUT2D eigenvalue weighted by Crippen LogP contribution is 2.34. The first-order valence-electron chi connectivity index (χ1n) is 11.4. The van der Waals surface area contributed by atoms with Gasteiger partial charge in [-0.1, -0.05) is 43.0 Å². The third-order valence-electron chi connectivity index (χ3n) is 6.03. The summed E-state index contributed by atoms with van der Waals surface area (Å²) in [5.74, 6) is 7.77. The lowest BCUT2D eigenvalue weighted by molar-refractivity contribution is -0.121. The molecule has 5 nitrogen and oxygen atoms in total. The maximum absolute atomic E-state index is 11.8. The molecule has 1 aliphatic rings. The molecule has 1 N–H and O–H groups in total. The Labute approximate surface area is 191 Å². The maximum Gasteiger partial charge on any atom is 0.210 e. The van der Waals surface area contributed by atoms with Crippen LogP contribution in [0.4, 0.5) is 0 Å². The van der Waals surface area contributed by atoms with Crippen molar-refractivity contribution in [3.63, 3.8) is 0 Å². The van der Waals surface area contributed by atoms with Crippen molar-refractivity contribution in [2.75, 3.05) is 20.3 Å². The van der Waals surface area contributed by atoms with Gasteiger partial charge in [-0.2, -0.15) is 0 Å². The lowest BCUT2D eigenvalue weighted by Crippen LogP contribution is -2.39. The predicted octanol–water partition coefficient (Wildman–Crippen LogP) is 4.38. The number of carbonyl (C=O) groups is 1. The van der Waals surface area contributed by atoms with Crippen molar-refractivity contribution in [1.29, 1.82) is 0 Å². The minimum Gasteiger partial charge on any atom is -0.493 e. The van der Waals surface area contributed by atoms with Crippen LogP contribution in [0.5, 0.6) is 11.5 Å². The highest BCUT2D eigenvalue weighted by atomic mass is 16.5. The molecule has 0 aromatic heterocycles. The second-order valence-corrected chi connectivity index (χ2v) is 8.17. The van der Waals surface area contributed by atoms with E-state index in [2.05, 4.69) is 11.8 Å². The molecule has 32 heavy (non-hydrogen) atoms. The van der Waals surface area contributed by atoms with Crippen LogP contribution in [0.15, 0.2) is 48.5 Å². The minimum absolute atomic E-state index is 0.0767. The van der Waals surface area contributed by atoms with E-state index in [4.69, 9.17) is 9.47 Å². The number of methoxy groups -OCH3 is 1. The zero-order valence-corrected chi connectivity index (χ0v) is 19.0. The van der Waals surface area contributed by atoms with Gasteiger partial charge in [0, 0.05) is 12.1 Å². The zero-order chi connectivity index (χ0) is 22.8. The van der Waals surface area contributed by atoms with Gasteiger partial charge in [-0.25, -0.2) is 0 Å². The number of hydrogen-bond acceptors (Lipinski definition) is 4. The number of amides is 1. The van der Waals surface area contributed by atoms with E-state index < -0.39 is 0 Å². The third-order valence-corrected chi connectivity index (χ3v) is 6.03. The summed E-state index contributed by atoms with van der Waals surface area (Å²) in [5, 5.41) is 9.72. The Morgan fingerprint density at radius 3 is 2.53 bits per heavy atom. The average molecular weight is 436 g/mol. The molecule has 2 aromatic carbocycles. The van der Waals surface area contributed by atoms with E-state index in [-0.39, 0.29) is 24.7 Å². The summed E-state index contributed by atoms with van der Waals surface area (Å²) in [4.78, 5) is 13.5. The molecule has 2 unspecified atom stereocenters. The molecule has 0 radical (unpaired) electrons. The van der Waals surface area contributed by atoms with Gasteiger partial charge < -0.3 is 19.5 Å². The Morgan fingerprint density at radius 1 is 1.16 bits per heavy atom. The van der Waals surface area contributed by atoms with Crippen LogP contribution in [0.1, 0.15) is 56.1 Å². The fourth-order valence-electron chi connectivity index (χ4n) is 4.07. The molecule has 0 heterocycles. The van der Waals surface area contributed by atoms with Crippen LogP contribution >= 0.6 is 0 Å². The van der Waals surface area contributed by atoms with Crippen molar-refractivity contribution in [2.24, 2.45) is 0 Å². The normalized spacial score (nSPS) is 15.3. The van der Waals surface area contributed by atoms with Crippen molar-refractivity contribution in [3.8, 4) is 23.3 Å². The fraction of sp³-hybridized carbons (Fsp3) is 0.444. The number of benzene rings is 2. The van der Waals surface area contributed by atoms with Crippen molar-refractivity contribution in [3.05, 3.63) is 59.7 Å². The molecule has 0 spiro atoms. The highest BCUT2D eigenvalue weighted by molar-refractivity contribution is 5.50. The molecule has 0 saturated heterocycles. The Bertz CT molecular complexity index is 908. The van der Waals surface area contributed by atoms with Gasteiger partial charge in [-0.05, 0) is 61.9 Å². The summed E-state index contributed by atoms with van der Waals surface area (Å²) >= 11 is 0. The van der Waals surface area contributed by atoms with Gasteiger partial charge in [0.2, 0.25) is 6.41 Å². The first kappa shape index (κ1) is 23.7. The van der Waals surface area contributed by atoms with Gasteiger partial charge in [0.1, 0.15) is 0 Å². The summed E-state index contributed by atoms with van der Waals surface area (Å²) in [7, 11) is 1.64. The molecule has 5 heteroatoms. The summed E-state index contributed by atoms with van der Waals surface area (Å²) < 4.78 is 11.8. The zero-order valence-electron chi connectivity index (χ0n) is 19.0. The van der Waals surface area contributed by atoms with Crippen molar-refractivity contribution < 1.29 is 19.4 Å². The Kier molecular flexibility index (Phi) is 9.01. The van der Waals surface area contributed by atoms with Crippen LogP contribution in [-0.2, 0) is 4.79 Å². The van der Waals surface area contributed by atoms with Crippen LogP contribution in [0.3, 0.4) is 0 Å². The number of rotatable bonds is 10. The molecular formula is C27H33NO4. The van der Waals surface area contributed by atoms with E-state index in [9.17, 15) is 9.90 Å². The van der Waals surface area contributed by atoms with Gasteiger partial charge in [-0.3, -0.25) is 4.79 Å². The average Bonchev–Trinajstić information content (AvgIpc) is 3.35. The molecule has 1 saturated carbocycles. The summed E-state index contributed by atoms with van der Waals surface area (Å²) in [6, 6.07) is 15.4. The molecule has 1 amide bonds. The van der Waals surface area contributed by atoms with Gasteiger partial charge in [0.15, 0.2) is 11.5 Å². The van der Waals surface area contributed by atoms with Gasteiger partial charge in [0.25, 0.3) is 0 Å². The molecule has 1 aliphatic carbocycles. The van der Waals surface area contributed by atoms with Crippen LogP contribution in [-0.4, -0.2) is 48.8 Å². The van der Waals surface area contributed by atoms with Gasteiger partial charge in [-0.15, -0.1) is 0 Å². The van der Waals surface area contributed by atoms with Crippen LogP contribution in [0, 0.1) is 11.8 Å². The van der Waals surface area contributed by atoms with E-state index in [0.29, 0.717) is 18.7 Å². The Balaban J connectivity index is 1.94. The molecule has 0 bridgehead atoms. The minimum atomic E-state index is -0.238. The van der Waals surface area contributed by atoms with Crippen LogP contribution < -0.4 is 9.47 Å². The highest BCUT2D eigenvalue weighted by Gasteiger charge is 2.22. The van der Waals surface area contributed by atoms with Crippen molar-refractivity contribution in [1.82, 2.24) is 4.90 Å². The predicted molar refractivity (Wildman–Crippen MR) is 126 cm³/mol. The summed E-state index contributed by atoms with van der Waals surface area (Å²) in [6.45, 7) is 2.27. The molecular weight excluding hydrogens is 402 g/mol. The van der Waals surface area contributed by atoms with Gasteiger partial charge >= 0.3 is 0 Å². The van der Waals surface area contributed by atoms with E-state index in [1.54, 1.807) is 12.0 Å². The standard InChI is InChI=1S/C27H33NO4/c1-3-24(19-29)28(20-30)18-23(14-13-21-9-5-4-6-10-21)22-15-16-26(31-2)27(17-22)32-25-11-7-8-12-25/h4-6,9-10,15-17,20,23-25,29H,3,7-8,11-12,18-19H2,1-2H3. The fourth-order valence-corrected chi connectivity index (χ4v) is 4.07. The van der Waals surface area contributed by atoms with E-state index in [1.807, 2.05) is 55.5 Å². The number of aliphatic hydroxyl groups is 1. The number of aliphatic hydroxyl groups excluding tert-OH is 1. The molecule has 2 atom stereocenters. The topological polar surface area (TPSA) is 59.0 Å². The Hall–Kier alpha value is -2.97. The van der Waals surface area contributed by atoms with E-state index in [1.165, 1.54) is 12.8 Å². The summed E-state index contributed by atoms with van der Waals surface area (Å²) in [5.41, 5.74) is 1.88. The number of ether oxygens (including phenoxy) is 2. The number of hydrogen-bond donors (Lipinski definition) is 1. The lowest BCUT2D eigenvalue weighted by atomic mass is 9.97. The molecule has 0 aliphatic heterocycles. The first-order valence-corrected chi connectivity index (χ1v) is 11.4. The molecule has 170 valence electrons. The molecule has 3 rings (SSSR count). The monoisotopic (exact) mass is 435 g/mol. The SMILES string of the molecule is CCC(CO)N(C=O)CC(C#Cc1ccccc1)c1ccc(OC)c(OC2CCCC2)c1. The van der Waals surface area contributed by atoms with Crippen molar-refractivity contribution in [2.45, 2.75) is 57.1 Å². The van der Waals surface area contributed by atoms with Crippen LogP contribution in [0.2, 0.25) is 0 Å². The van der Waals surface area contributed by atoms with Gasteiger partial charge in [0.05, 0.1) is 31.8 Å². The largest absolute Gasteiger partial charge is 0.493 e. The first-order chi connectivity index (χ1) is 15.7. The second kappa shape index (κ2) is 12.2. The van der Waals surface area contributed by atoms with Crippen molar-refractivity contribution >= 4 is 6.41 Å².